The van der Waals surface area contributed by atoms with Gasteiger partial charge in [-0.1, -0.05) is 35.5 Å². The van der Waals surface area contributed by atoms with Gasteiger partial charge in [-0.3, -0.25) is 10.2 Å². The quantitative estimate of drug-likeness (QED) is 0.804. The number of nitrogens with zero attached hydrogens (tertiary/aromatic N) is 1. The highest BCUT2D eigenvalue weighted by molar-refractivity contribution is 5.91. The van der Waals surface area contributed by atoms with Crippen molar-refractivity contribution in [2.45, 2.75) is 26.3 Å². The van der Waals surface area contributed by atoms with E-state index in [1.807, 2.05) is 25.1 Å². The fraction of sp³-hybridized carbons (Fsp3) is 0.286. The Labute approximate surface area is 112 Å². The van der Waals surface area contributed by atoms with Crippen LogP contribution in [0.15, 0.2) is 40.9 Å². The average molecular weight is 259 g/mol. The lowest BCUT2D eigenvalue weighted by Crippen LogP contribution is -2.44. The molecule has 0 aliphatic rings. The van der Waals surface area contributed by atoms with Crippen LogP contribution in [0.1, 0.15) is 28.7 Å². The first-order valence-corrected chi connectivity index (χ1v) is 6.18. The van der Waals surface area contributed by atoms with E-state index in [4.69, 9.17) is 4.52 Å². The van der Waals surface area contributed by atoms with Crippen molar-refractivity contribution < 1.29 is 9.32 Å². The molecule has 0 saturated heterocycles. The summed E-state index contributed by atoms with van der Waals surface area (Å²) in [6, 6.07) is 11.8. The molecule has 2 aromatic rings. The van der Waals surface area contributed by atoms with E-state index in [2.05, 4.69) is 28.1 Å². The standard InChI is InChI=1S/C14H17N3O2/c1-10(8-12-6-4-3-5-7-12)15-16-14(18)13-9-11(2)19-17-13/h3-7,9-10,15H,8H2,1-2H3,(H,16,18)/t10-/m0/s1. The molecule has 2 N–H and O–H groups in total. The Kier molecular flexibility index (Phi) is 4.30. The van der Waals surface area contributed by atoms with E-state index >= 15 is 0 Å². The van der Waals surface area contributed by atoms with E-state index in [1.54, 1.807) is 13.0 Å². The third-order valence-electron chi connectivity index (χ3n) is 2.68. The topological polar surface area (TPSA) is 67.2 Å². The highest BCUT2D eigenvalue weighted by Gasteiger charge is 2.11. The zero-order valence-corrected chi connectivity index (χ0v) is 11.0. The third-order valence-corrected chi connectivity index (χ3v) is 2.68. The molecule has 5 heteroatoms. The molecule has 0 fully saturated rings. The summed E-state index contributed by atoms with van der Waals surface area (Å²) in [6.07, 6.45) is 0.832. The van der Waals surface area contributed by atoms with Crippen LogP contribution in [-0.2, 0) is 6.42 Å². The Morgan fingerprint density at radius 1 is 1.37 bits per heavy atom. The van der Waals surface area contributed by atoms with Gasteiger partial charge in [0.1, 0.15) is 5.76 Å². The molecule has 2 rings (SSSR count). The number of carbonyl (C=O) groups excluding carboxylic acids is 1. The van der Waals surface area contributed by atoms with Crippen LogP contribution in [0.3, 0.4) is 0 Å². The summed E-state index contributed by atoms with van der Waals surface area (Å²) in [4.78, 5) is 11.7. The molecule has 0 unspecified atom stereocenters. The fourth-order valence-corrected chi connectivity index (χ4v) is 1.74. The van der Waals surface area contributed by atoms with Crippen molar-refractivity contribution in [3.8, 4) is 0 Å². The van der Waals surface area contributed by atoms with Crippen molar-refractivity contribution in [1.82, 2.24) is 16.0 Å². The normalized spacial score (nSPS) is 12.1. The van der Waals surface area contributed by atoms with Gasteiger partial charge in [0.15, 0.2) is 5.69 Å². The number of hydrogen-bond donors (Lipinski definition) is 2. The lowest BCUT2D eigenvalue weighted by molar-refractivity contribution is 0.0917. The van der Waals surface area contributed by atoms with Gasteiger partial charge in [0.05, 0.1) is 0 Å². The second kappa shape index (κ2) is 6.15. The van der Waals surface area contributed by atoms with Gasteiger partial charge < -0.3 is 4.52 Å². The summed E-state index contributed by atoms with van der Waals surface area (Å²) in [5.41, 5.74) is 7.07. The smallest absolute Gasteiger partial charge is 0.287 e. The van der Waals surface area contributed by atoms with Crippen molar-refractivity contribution in [2.75, 3.05) is 0 Å². The lowest BCUT2D eigenvalue weighted by atomic mass is 10.1. The number of aromatic nitrogens is 1. The molecule has 5 nitrogen and oxygen atoms in total. The summed E-state index contributed by atoms with van der Waals surface area (Å²) >= 11 is 0. The number of benzene rings is 1. The number of nitrogens with one attached hydrogen (secondary N) is 2. The van der Waals surface area contributed by atoms with Crippen molar-refractivity contribution >= 4 is 5.91 Å². The predicted octanol–water partition coefficient (Wildman–Crippen LogP) is 1.85. The molecule has 0 spiro atoms. The minimum atomic E-state index is -0.295. The number of amides is 1. The number of aryl methyl sites for hydroxylation is 1. The summed E-state index contributed by atoms with van der Waals surface area (Å²) in [7, 11) is 0. The number of rotatable bonds is 5. The van der Waals surface area contributed by atoms with Crippen molar-refractivity contribution in [3.05, 3.63) is 53.4 Å². The molecule has 100 valence electrons. The maximum Gasteiger partial charge on any atom is 0.287 e. The van der Waals surface area contributed by atoms with E-state index in [0.29, 0.717) is 5.76 Å². The maximum atomic E-state index is 11.7. The second-order valence-electron chi connectivity index (χ2n) is 4.51. The largest absolute Gasteiger partial charge is 0.361 e. The van der Waals surface area contributed by atoms with Crippen LogP contribution in [-0.4, -0.2) is 17.1 Å². The van der Waals surface area contributed by atoms with Gasteiger partial charge in [-0.05, 0) is 25.8 Å². The van der Waals surface area contributed by atoms with Gasteiger partial charge in [-0.2, -0.15) is 0 Å². The summed E-state index contributed by atoms with van der Waals surface area (Å²) in [6.45, 7) is 3.75. The van der Waals surface area contributed by atoms with Crippen LogP contribution in [0.5, 0.6) is 0 Å². The summed E-state index contributed by atoms with van der Waals surface area (Å²) in [5.74, 6) is 0.319. The first-order chi connectivity index (χ1) is 9.15. The molecular weight excluding hydrogens is 242 g/mol. The first kappa shape index (κ1) is 13.3. The third kappa shape index (κ3) is 3.93. The van der Waals surface area contributed by atoms with Crippen LogP contribution >= 0.6 is 0 Å². The molecule has 1 atom stereocenters. The Bertz CT molecular complexity index is 537. The van der Waals surface area contributed by atoms with Crippen molar-refractivity contribution in [2.24, 2.45) is 0 Å². The Hall–Kier alpha value is -2.14. The van der Waals surface area contributed by atoms with E-state index in [1.165, 1.54) is 5.56 Å². The first-order valence-electron chi connectivity index (χ1n) is 6.18. The second-order valence-corrected chi connectivity index (χ2v) is 4.51. The van der Waals surface area contributed by atoms with E-state index in [9.17, 15) is 4.79 Å². The number of hydrazine groups is 1. The molecule has 1 heterocycles. The molecule has 0 aliphatic heterocycles. The van der Waals surface area contributed by atoms with Gasteiger partial charge in [-0.25, -0.2) is 5.43 Å². The Morgan fingerprint density at radius 3 is 2.74 bits per heavy atom. The van der Waals surface area contributed by atoms with Crippen LogP contribution in [0.2, 0.25) is 0 Å². The zero-order chi connectivity index (χ0) is 13.7. The molecule has 0 aliphatic carbocycles. The van der Waals surface area contributed by atoms with Gasteiger partial charge in [0, 0.05) is 12.1 Å². The molecule has 1 aromatic heterocycles. The molecule has 1 amide bonds. The van der Waals surface area contributed by atoms with Crippen LogP contribution < -0.4 is 10.9 Å². The minimum absolute atomic E-state index is 0.124. The highest BCUT2D eigenvalue weighted by atomic mass is 16.5. The Morgan fingerprint density at radius 2 is 2.11 bits per heavy atom. The summed E-state index contributed by atoms with van der Waals surface area (Å²) in [5, 5.41) is 3.65. The van der Waals surface area contributed by atoms with E-state index in [0.717, 1.165) is 6.42 Å². The molecule has 0 radical (unpaired) electrons. The number of hydrogen-bond acceptors (Lipinski definition) is 4. The van der Waals surface area contributed by atoms with E-state index < -0.39 is 0 Å². The number of carbonyl (C=O) groups is 1. The van der Waals surface area contributed by atoms with Gasteiger partial charge in [-0.15, -0.1) is 0 Å². The molecule has 0 saturated carbocycles. The van der Waals surface area contributed by atoms with Crippen LogP contribution in [0, 0.1) is 6.92 Å². The van der Waals surface area contributed by atoms with Gasteiger partial charge in [0.25, 0.3) is 5.91 Å². The van der Waals surface area contributed by atoms with Crippen LogP contribution in [0.25, 0.3) is 0 Å². The molecule has 0 bridgehead atoms. The van der Waals surface area contributed by atoms with Crippen LogP contribution in [0.4, 0.5) is 0 Å². The van der Waals surface area contributed by atoms with E-state index in [-0.39, 0.29) is 17.6 Å². The minimum Gasteiger partial charge on any atom is -0.361 e. The zero-order valence-electron chi connectivity index (χ0n) is 11.0. The molecule has 1 aromatic carbocycles. The predicted molar refractivity (Wildman–Crippen MR) is 71.4 cm³/mol. The maximum absolute atomic E-state index is 11.7. The average Bonchev–Trinajstić information content (AvgIpc) is 2.84. The molecular formula is C14H17N3O2. The van der Waals surface area contributed by atoms with Gasteiger partial charge in [0.2, 0.25) is 0 Å². The van der Waals surface area contributed by atoms with Crippen molar-refractivity contribution in [3.63, 3.8) is 0 Å². The fourth-order valence-electron chi connectivity index (χ4n) is 1.74. The SMILES string of the molecule is Cc1cc(C(=O)NN[C@@H](C)Cc2ccccc2)no1. The highest BCUT2D eigenvalue weighted by Crippen LogP contribution is 2.03. The van der Waals surface area contributed by atoms with Crippen molar-refractivity contribution in [1.29, 1.82) is 0 Å². The summed E-state index contributed by atoms with van der Waals surface area (Å²) < 4.78 is 4.85. The van der Waals surface area contributed by atoms with Gasteiger partial charge >= 0.3 is 0 Å². The molecule has 19 heavy (non-hydrogen) atoms. The monoisotopic (exact) mass is 259 g/mol. The lowest BCUT2D eigenvalue weighted by Gasteiger charge is -2.14. The Balaban J connectivity index is 1.80.